The lowest BCUT2D eigenvalue weighted by Crippen LogP contribution is -2.65. The minimum absolute atomic E-state index is 0.0352. The number of aliphatic imine (C=N–C) groups is 1. The van der Waals surface area contributed by atoms with E-state index in [1.54, 1.807) is 0 Å². The molecule has 134 valence electrons. The first kappa shape index (κ1) is 15.8. The highest BCUT2D eigenvalue weighted by atomic mass is 16.6. The summed E-state index contributed by atoms with van der Waals surface area (Å²) in [5, 5.41) is 0. The third-order valence-corrected chi connectivity index (χ3v) is 8.33. The van der Waals surface area contributed by atoms with Crippen molar-refractivity contribution in [2.45, 2.75) is 64.8 Å². The van der Waals surface area contributed by atoms with Crippen LogP contribution in [-0.4, -0.2) is 23.2 Å². The van der Waals surface area contributed by atoms with Crippen molar-refractivity contribution in [2.75, 3.05) is 0 Å². The predicted octanol–water partition coefficient (Wildman–Crippen LogP) is 3.70. The molecule has 6 rings (SSSR count). The molecule has 4 nitrogen and oxygen atoms in total. The van der Waals surface area contributed by atoms with E-state index in [1.807, 2.05) is 0 Å². The largest absolute Gasteiger partial charge is 0.393 e. The second-order valence-electron chi connectivity index (χ2n) is 9.54. The Hall–Kier alpha value is -1.45. The zero-order chi connectivity index (χ0) is 17.6. The van der Waals surface area contributed by atoms with Gasteiger partial charge in [-0.2, -0.15) is 0 Å². The lowest BCUT2D eigenvalue weighted by molar-refractivity contribution is -0.154. The van der Waals surface area contributed by atoms with Crippen LogP contribution in [-0.2, 0) is 14.3 Å². The molecular formula is C21H27NO3. The molecular weight excluding hydrogens is 314 g/mol. The Balaban J connectivity index is 1.72. The summed E-state index contributed by atoms with van der Waals surface area (Å²) in [6, 6.07) is 0. The number of nitrogens with zero attached hydrogens (tertiary/aromatic N) is 1. The van der Waals surface area contributed by atoms with Crippen LogP contribution in [0, 0.1) is 34.5 Å². The number of rotatable bonds is 0. The van der Waals surface area contributed by atoms with Crippen LogP contribution in [0.4, 0.5) is 0 Å². The topological polar surface area (TPSA) is 55.7 Å². The molecule has 0 aromatic carbocycles. The van der Waals surface area contributed by atoms with Crippen molar-refractivity contribution in [1.82, 2.24) is 0 Å². The normalized spacial score (nSPS) is 49.6. The van der Waals surface area contributed by atoms with E-state index in [9.17, 15) is 9.59 Å². The minimum atomic E-state index is -0.476. The van der Waals surface area contributed by atoms with Crippen molar-refractivity contribution in [3.8, 4) is 0 Å². The van der Waals surface area contributed by atoms with E-state index in [2.05, 4.69) is 32.9 Å². The molecule has 0 radical (unpaired) electrons. The quantitative estimate of drug-likeness (QED) is 0.383. The van der Waals surface area contributed by atoms with Gasteiger partial charge < -0.3 is 4.74 Å². The molecule has 0 aromatic heterocycles. The van der Waals surface area contributed by atoms with Crippen LogP contribution in [0.25, 0.3) is 0 Å². The van der Waals surface area contributed by atoms with Crippen LogP contribution >= 0.6 is 0 Å². The Morgan fingerprint density at radius 3 is 2.56 bits per heavy atom. The zero-order valence-electron chi connectivity index (χ0n) is 15.4. The van der Waals surface area contributed by atoms with E-state index in [4.69, 9.17) is 9.73 Å². The lowest BCUT2D eigenvalue weighted by atomic mass is 9.41. The summed E-state index contributed by atoms with van der Waals surface area (Å²) in [7, 11) is 0. The van der Waals surface area contributed by atoms with Crippen molar-refractivity contribution >= 4 is 17.7 Å². The summed E-state index contributed by atoms with van der Waals surface area (Å²) < 4.78 is 5.10. The van der Waals surface area contributed by atoms with Crippen LogP contribution in [0.3, 0.4) is 0 Å². The van der Waals surface area contributed by atoms with Crippen LogP contribution in [0.1, 0.15) is 59.3 Å². The number of ether oxygens (including phenoxy) is 1. The second kappa shape index (κ2) is 4.63. The molecule has 3 fully saturated rings. The molecule has 0 aromatic rings. The molecule has 0 N–H and O–H groups in total. The summed E-state index contributed by atoms with van der Waals surface area (Å²) in [5.74, 6) is -0.875. The Morgan fingerprint density at radius 1 is 1.12 bits per heavy atom. The second-order valence-corrected chi connectivity index (χ2v) is 9.54. The average Bonchev–Trinajstić information content (AvgIpc) is 2.88. The number of hydrogen-bond acceptors (Lipinski definition) is 4. The maximum Gasteiger partial charge on any atom is 0.318 e. The first-order chi connectivity index (χ1) is 11.8. The lowest BCUT2D eigenvalue weighted by Gasteiger charge is -2.62. The molecule has 2 heterocycles. The number of cyclic esters (lactones) is 2. The minimum Gasteiger partial charge on any atom is -0.393 e. The summed E-state index contributed by atoms with van der Waals surface area (Å²) in [5.41, 5.74) is 0.622. The number of carbonyl (C=O) groups is 2. The van der Waals surface area contributed by atoms with Crippen molar-refractivity contribution in [2.24, 2.45) is 39.5 Å². The maximum atomic E-state index is 12.5. The van der Waals surface area contributed by atoms with Crippen molar-refractivity contribution in [1.29, 1.82) is 0 Å². The maximum absolute atomic E-state index is 12.5. The summed E-state index contributed by atoms with van der Waals surface area (Å²) in [6.45, 7) is 6.73. The first-order valence-electron chi connectivity index (χ1n) is 9.88. The third-order valence-electron chi connectivity index (χ3n) is 8.33. The Bertz CT molecular complexity index is 731. The van der Waals surface area contributed by atoms with E-state index in [0.717, 1.165) is 6.42 Å². The van der Waals surface area contributed by atoms with Gasteiger partial charge in [0, 0.05) is 22.5 Å². The molecule has 4 heteroatoms. The smallest absolute Gasteiger partial charge is 0.318 e. The number of carbonyl (C=O) groups excluding carboxylic acids is 2. The zero-order valence-corrected chi connectivity index (χ0v) is 15.4. The molecule has 2 aliphatic heterocycles. The highest BCUT2D eigenvalue weighted by Gasteiger charge is 2.71. The van der Waals surface area contributed by atoms with Gasteiger partial charge in [0.2, 0.25) is 0 Å². The van der Waals surface area contributed by atoms with Gasteiger partial charge in [-0.1, -0.05) is 45.3 Å². The van der Waals surface area contributed by atoms with Gasteiger partial charge in [-0.15, -0.1) is 0 Å². The molecule has 25 heavy (non-hydrogen) atoms. The van der Waals surface area contributed by atoms with E-state index >= 15 is 0 Å². The molecule has 4 aliphatic carbocycles. The standard InChI is InChI=1S/C21H27NO3/c1-12-11-21(8-5-4-6-9-21)22-18-19(2)10-7-13(20(12,18)3)14-15(19)17(24)25-16(14)23/h7,10,12-15H,4-6,8-9,11H2,1-3H3/t12-,13+,14-,15+,19-,20-/m0/s1. The van der Waals surface area contributed by atoms with Gasteiger partial charge >= 0.3 is 11.9 Å². The summed E-state index contributed by atoms with van der Waals surface area (Å²) >= 11 is 0. The van der Waals surface area contributed by atoms with Crippen LogP contribution in [0.2, 0.25) is 0 Å². The van der Waals surface area contributed by atoms with E-state index in [-0.39, 0.29) is 40.6 Å². The van der Waals surface area contributed by atoms with Crippen LogP contribution in [0.15, 0.2) is 17.1 Å². The Kier molecular flexibility index (Phi) is 2.92. The van der Waals surface area contributed by atoms with Gasteiger partial charge in [-0.05, 0) is 32.1 Å². The molecule has 2 bridgehead atoms. The average molecular weight is 341 g/mol. The first-order valence-corrected chi connectivity index (χ1v) is 9.88. The monoisotopic (exact) mass is 341 g/mol. The molecule has 6 aliphatic rings. The SMILES string of the molecule is C[C@H]1CC2(CCCCC2)N=C2[C@]1(C)[C@@H]1C=C[C@@]2(C)[C@H]2C(=O)OC(=O)[C@@H]12. The molecule has 6 atom stereocenters. The number of allylic oxidation sites excluding steroid dienone is 2. The fourth-order valence-corrected chi connectivity index (χ4v) is 6.94. The molecule has 1 spiro atoms. The van der Waals surface area contributed by atoms with E-state index in [0.29, 0.717) is 5.92 Å². The van der Waals surface area contributed by atoms with Gasteiger partial charge in [0.1, 0.15) is 0 Å². The van der Waals surface area contributed by atoms with Gasteiger partial charge in [0.05, 0.1) is 17.4 Å². The fourth-order valence-electron chi connectivity index (χ4n) is 6.94. The highest BCUT2D eigenvalue weighted by molar-refractivity contribution is 6.09. The predicted molar refractivity (Wildman–Crippen MR) is 94.0 cm³/mol. The van der Waals surface area contributed by atoms with E-state index < -0.39 is 5.41 Å². The van der Waals surface area contributed by atoms with Gasteiger partial charge in [-0.25, -0.2) is 0 Å². The van der Waals surface area contributed by atoms with Gasteiger partial charge in [-0.3, -0.25) is 14.6 Å². The molecule has 0 amide bonds. The molecule has 0 unspecified atom stereocenters. The van der Waals surface area contributed by atoms with Crippen molar-refractivity contribution in [3.05, 3.63) is 12.2 Å². The molecule has 2 saturated carbocycles. The summed E-state index contributed by atoms with van der Waals surface area (Å²) in [6.07, 6.45) is 11.6. The third kappa shape index (κ3) is 1.71. The number of esters is 2. The Labute approximate surface area is 149 Å². The van der Waals surface area contributed by atoms with Gasteiger partial charge in [0.15, 0.2) is 0 Å². The molecule has 1 saturated heterocycles. The summed E-state index contributed by atoms with van der Waals surface area (Å²) in [4.78, 5) is 30.4. The van der Waals surface area contributed by atoms with Crippen molar-refractivity contribution < 1.29 is 14.3 Å². The van der Waals surface area contributed by atoms with E-state index in [1.165, 1.54) is 37.8 Å². The highest BCUT2D eigenvalue weighted by Crippen LogP contribution is 2.66. The van der Waals surface area contributed by atoms with Crippen LogP contribution in [0.5, 0.6) is 0 Å². The van der Waals surface area contributed by atoms with Crippen LogP contribution < -0.4 is 0 Å². The fraction of sp³-hybridized carbons (Fsp3) is 0.762. The van der Waals surface area contributed by atoms with Crippen molar-refractivity contribution in [3.63, 3.8) is 0 Å². The van der Waals surface area contributed by atoms with Gasteiger partial charge in [0.25, 0.3) is 0 Å². The number of hydrogen-bond donors (Lipinski definition) is 0. The Morgan fingerprint density at radius 2 is 1.84 bits per heavy atom.